The highest BCUT2D eigenvalue weighted by molar-refractivity contribution is 5.85. The summed E-state index contributed by atoms with van der Waals surface area (Å²) < 4.78 is 5.43. The predicted molar refractivity (Wildman–Crippen MR) is 99.5 cm³/mol. The molecule has 1 saturated heterocycles. The van der Waals surface area contributed by atoms with Gasteiger partial charge < -0.3 is 15.0 Å². The van der Waals surface area contributed by atoms with Gasteiger partial charge in [-0.15, -0.1) is 12.4 Å². The molecule has 1 amide bonds. The number of carbonyl (C=O) groups excluding carboxylic acids is 1. The minimum Gasteiger partial charge on any atom is -0.378 e. The van der Waals surface area contributed by atoms with E-state index in [0.29, 0.717) is 19.6 Å². The molecule has 1 unspecified atom stereocenters. The van der Waals surface area contributed by atoms with E-state index >= 15 is 0 Å². The molecule has 0 bridgehead atoms. The Morgan fingerprint density at radius 2 is 2.04 bits per heavy atom. The number of halogens is 1. The van der Waals surface area contributed by atoms with Crippen LogP contribution in [-0.2, 0) is 16.1 Å². The standard InChI is InChI=1S/C19H24N2O2.ClH/c1-2-21(19(22)12-18-14-23-10-9-20-18)13-15-7-8-16-5-3-4-6-17(16)11-15;/h3-8,11,18,20H,2,9-10,12-14H2,1H3;1H. The third kappa shape index (κ3) is 4.69. The van der Waals surface area contributed by atoms with Crippen molar-refractivity contribution in [2.75, 3.05) is 26.3 Å². The fourth-order valence-corrected chi connectivity index (χ4v) is 3.02. The van der Waals surface area contributed by atoms with Crippen LogP contribution in [0.3, 0.4) is 0 Å². The molecular weight excluding hydrogens is 324 g/mol. The van der Waals surface area contributed by atoms with Crippen LogP contribution in [0.15, 0.2) is 42.5 Å². The fourth-order valence-electron chi connectivity index (χ4n) is 3.02. The Kier molecular flexibility index (Phi) is 7.03. The second-order valence-corrected chi connectivity index (χ2v) is 6.02. The Balaban J connectivity index is 0.00000208. The average molecular weight is 349 g/mol. The number of ether oxygens (including phenoxy) is 1. The molecule has 3 rings (SSSR count). The van der Waals surface area contributed by atoms with Crippen molar-refractivity contribution in [2.24, 2.45) is 0 Å². The van der Waals surface area contributed by atoms with Gasteiger partial charge in [-0.1, -0.05) is 36.4 Å². The van der Waals surface area contributed by atoms with Gasteiger partial charge in [0.2, 0.25) is 5.91 Å². The second kappa shape index (κ2) is 9.02. The van der Waals surface area contributed by atoms with Gasteiger partial charge in [0.05, 0.1) is 13.2 Å². The quantitative estimate of drug-likeness (QED) is 0.903. The van der Waals surface area contributed by atoms with E-state index in [2.05, 4.69) is 35.6 Å². The maximum absolute atomic E-state index is 12.5. The molecule has 130 valence electrons. The van der Waals surface area contributed by atoms with Crippen LogP contribution in [0.4, 0.5) is 0 Å². The van der Waals surface area contributed by atoms with Crippen molar-refractivity contribution in [3.63, 3.8) is 0 Å². The molecular formula is C19H25ClN2O2. The zero-order chi connectivity index (χ0) is 16.1. The molecule has 2 aromatic carbocycles. The molecule has 0 saturated carbocycles. The molecule has 1 heterocycles. The summed E-state index contributed by atoms with van der Waals surface area (Å²) in [6, 6.07) is 14.9. The topological polar surface area (TPSA) is 41.6 Å². The number of morpholine rings is 1. The maximum atomic E-state index is 12.5. The first kappa shape index (κ1) is 18.7. The molecule has 1 aliphatic rings. The number of amides is 1. The van der Waals surface area contributed by atoms with Crippen LogP contribution in [0, 0.1) is 0 Å². The highest BCUT2D eigenvalue weighted by Crippen LogP contribution is 2.17. The van der Waals surface area contributed by atoms with Crippen LogP contribution in [0.25, 0.3) is 10.8 Å². The SMILES string of the molecule is CCN(Cc1ccc2ccccc2c1)C(=O)CC1COCCN1.Cl. The van der Waals surface area contributed by atoms with Crippen LogP contribution in [-0.4, -0.2) is 43.2 Å². The largest absolute Gasteiger partial charge is 0.378 e. The van der Waals surface area contributed by atoms with Crippen molar-refractivity contribution in [3.8, 4) is 0 Å². The number of nitrogens with one attached hydrogen (secondary N) is 1. The molecule has 1 N–H and O–H groups in total. The summed E-state index contributed by atoms with van der Waals surface area (Å²) in [5.74, 6) is 0.184. The minimum atomic E-state index is 0. The van der Waals surface area contributed by atoms with E-state index in [9.17, 15) is 4.79 Å². The van der Waals surface area contributed by atoms with Gasteiger partial charge in [-0.25, -0.2) is 0 Å². The first-order valence-electron chi connectivity index (χ1n) is 8.33. The van der Waals surface area contributed by atoms with Gasteiger partial charge in [-0.05, 0) is 29.3 Å². The van der Waals surface area contributed by atoms with E-state index < -0.39 is 0 Å². The van der Waals surface area contributed by atoms with Gasteiger partial charge in [-0.2, -0.15) is 0 Å². The van der Waals surface area contributed by atoms with Gasteiger partial charge in [0, 0.05) is 32.1 Å². The molecule has 4 nitrogen and oxygen atoms in total. The van der Waals surface area contributed by atoms with Crippen molar-refractivity contribution in [3.05, 3.63) is 48.0 Å². The molecule has 0 radical (unpaired) electrons. The zero-order valence-electron chi connectivity index (χ0n) is 14.0. The lowest BCUT2D eigenvalue weighted by Gasteiger charge is -2.27. The Morgan fingerprint density at radius 1 is 1.25 bits per heavy atom. The third-order valence-electron chi connectivity index (χ3n) is 4.34. The number of benzene rings is 2. The Morgan fingerprint density at radius 3 is 2.75 bits per heavy atom. The first-order valence-corrected chi connectivity index (χ1v) is 8.33. The van der Waals surface area contributed by atoms with Crippen molar-refractivity contribution in [2.45, 2.75) is 25.9 Å². The maximum Gasteiger partial charge on any atom is 0.224 e. The molecule has 1 fully saturated rings. The van der Waals surface area contributed by atoms with E-state index in [0.717, 1.165) is 19.7 Å². The predicted octanol–water partition coefficient (Wildman–Crippen LogP) is 2.99. The highest BCUT2D eigenvalue weighted by Gasteiger charge is 2.20. The molecule has 0 spiro atoms. The Hall–Kier alpha value is -1.62. The number of nitrogens with zero attached hydrogens (tertiary/aromatic N) is 1. The van der Waals surface area contributed by atoms with Crippen molar-refractivity contribution in [1.82, 2.24) is 10.2 Å². The van der Waals surface area contributed by atoms with E-state index in [4.69, 9.17) is 4.74 Å². The molecule has 0 aliphatic carbocycles. The van der Waals surface area contributed by atoms with Crippen molar-refractivity contribution < 1.29 is 9.53 Å². The first-order chi connectivity index (χ1) is 11.3. The summed E-state index contributed by atoms with van der Waals surface area (Å²) >= 11 is 0. The number of fused-ring (bicyclic) bond motifs is 1. The Labute approximate surface area is 149 Å². The monoisotopic (exact) mass is 348 g/mol. The molecule has 1 aliphatic heterocycles. The molecule has 2 aromatic rings. The summed E-state index contributed by atoms with van der Waals surface area (Å²) in [6.07, 6.45) is 0.501. The normalized spacial score (nSPS) is 17.3. The van der Waals surface area contributed by atoms with Crippen molar-refractivity contribution >= 4 is 29.1 Å². The summed E-state index contributed by atoms with van der Waals surface area (Å²) in [5, 5.41) is 5.79. The number of carbonyl (C=O) groups is 1. The molecule has 5 heteroatoms. The van der Waals surface area contributed by atoms with E-state index in [1.54, 1.807) is 0 Å². The second-order valence-electron chi connectivity index (χ2n) is 6.02. The van der Waals surface area contributed by atoms with Gasteiger partial charge >= 0.3 is 0 Å². The van der Waals surface area contributed by atoms with Crippen LogP contribution in [0.1, 0.15) is 18.9 Å². The third-order valence-corrected chi connectivity index (χ3v) is 4.34. The van der Waals surface area contributed by atoms with Gasteiger partial charge in [0.15, 0.2) is 0 Å². The van der Waals surface area contributed by atoms with Gasteiger partial charge in [0.25, 0.3) is 0 Å². The van der Waals surface area contributed by atoms with E-state index in [1.165, 1.54) is 16.3 Å². The van der Waals surface area contributed by atoms with Gasteiger partial charge in [-0.3, -0.25) is 4.79 Å². The lowest BCUT2D eigenvalue weighted by molar-refractivity contribution is -0.132. The highest BCUT2D eigenvalue weighted by atomic mass is 35.5. The van der Waals surface area contributed by atoms with Crippen LogP contribution in [0.5, 0.6) is 0 Å². The minimum absolute atomic E-state index is 0. The van der Waals surface area contributed by atoms with Gasteiger partial charge in [0.1, 0.15) is 0 Å². The van der Waals surface area contributed by atoms with Crippen LogP contribution >= 0.6 is 12.4 Å². The zero-order valence-corrected chi connectivity index (χ0v) is 14.8. The number of rotatable bonds is 5. The lowest BCUT2D eigenvalue weighted by atomic mass is 10.1. The molecule has 0 aromatic heterocycles. The molecule has 1 atom stereocenters. The van der Waals surface area contributed by atoms with E-state index in [1.807, 2.05) is 24.0 Å². The van der Waals surface area contributed by atoms with E-state index in [-0.39, 0.29) is 24.4 Å². The molecule has 24 heavy (non-hydrogen) atoms. The summed E-state index contributed by atoms with van der Waals surface area (Å²) in [7, 11) is 0. The van der Waals surface area contributed by atoms with Crippen LogP contribution in [0.2, 0.25) is 0 Å². The average Bonchev–Trinajstić information content (AvgIpc) is 2.60. The Bertz CT molecular complexity index is 671. The lowest BCUT2D eigenvalue weighted by Crippen LogP contribution is -2.45. The summed E-state index contributed by atoms with van der Waals surface area (Å²) in [4.78, 5) is 14.5. The number of hydrogen-bond acceptors (Lipinski definition) is 3. The fraction of sp³-hybridized carbons (Fsp3) is 0.421. The van der Waals surface area contributed by atoms with Crippen LogP contribution < -0.4 is 5.32 Å². The number of hydrogen-bond donors (Lipinski definition) is 1. The smallest absolute Gasteiger partial charge is 0.224 e. The summed E-state index contributed by atoms with van der Waals surface area (Å²) in [6.45, 7) is 5.60. The summed E-state index contributed by atoms with van der Waals surface area (Å²) in [5.41, 5.74) is 1.17. The van der Waals surface area contributed by atoms with Crippen molar-refractivity contribution in [1.29, 1.82) is 0 Å².